The van der Waals surface area contributed by atoms with Gasteiger partial charge in [0.25, 0.3) is 0 Å². The minimum absolute atomic E-state index is 0.0504. The highest BCUT2D eigenvalue weighted by atomic mass is 16.3. The summed E-state index contributed by atoms with van der Waals surface area (Å²) in [6.07, 6.45) is 0. The topological polar surface area (TPSA) is 63.0 Å². The van der Waals surface area contributed by atoms with Gasteiger partial charge in [0.2, 0.25) is 0 Å². The van der Waals surface area contributed by atoms with Crippen molar-refractivity contribution in [3.05, 3.63) is 29.7 Å². The fourth-order valence-electron chi connectivity index (χ4n) is 1.04. The second-order valence-corrected chi connectivity index (χ2v) is 2.82. The molecule has 0 amide bonds. The van der Waals surface area contributed by atoms with Crippen molar-refractivity contribution in [1.82, 2.24) is 0 Å². The van der Waals surface area contributed by atoms with Crippen LogP contribution in [0.1, 0.15) is 24.0 Å². The predicted octanol–water partition coefficient (Wildman–Crippen LogP) is 1.91. The van der Waals surface area contributed by atoms with Crippen LogP contribution in [0.2, 0.25) is 0 Å². The van der Waals surface area contributed by atoms with Gasteiger partial charge in [0, 0.05) is 0 Å². The zero-order valence-corrected chi connectivity index (χ0v) is 7.27. The van der Waals surface area contributed by atoms with Crippen LogP contribution < -0.4 is 5.73 Å². The molecule has 1 rings (SSSR count). The second kappa shape index (κ2) is 2.85. The third-order valence-corrected chi connectivity index (χ3v) is 1.57. The van der Waals surface area contributed by atoms with Crippen LogP contribution in [0.15, 0.2) is 17.1 Å². The molecule has 0 bridgehead atoms. The Labute approximate surface area is 71.4 Å². The number of nitrogens with two attached hydrogens (primary N) is 1. The molecule has 0 aromatic carbocycles. The van der Waals surface area contributed by atoms with Crippen molar-refractivity contribution >= 4 is 11.4 Å². The molecule has 0 aliphatic rings. The van der Waals surface area contributed by atoms with E-state index in [-0.39, 0.29) is 5.84 Å². The number of aryl methyl sites for hydroxylation is 1. The van der Waals surface area contributed by atoms with Crippen LogP contribution in [-0.2, 0) is 0 Å². The summed E-state index contributed by atoms with van der Waals surface area (Å²) in [5.74, 6) is 1.08. The SMILES string of the molecule is C=C(C)c1oc(C(=N)N)cc1C. The molecule has 0 spiro atoms. The maximum Gasteiger partial charge on any atom is 0.169 e. The van der Waals surface area contributed by atoms with Crippen LogP contribution in [-0.4, -0.2) is 5.84 Å². The van der Waals surface area contributed by atoms with Crippen LogP contribution in [0.4, 0.5) is 0 Å². The van der Waals surface area contributed by atoms with E-state index in [4.69, 9.17) is 15.6 Å². The Bertz CT molecular complexity index is 336. The smallest absolute Gasteiger partial charge is 0.169 e. The molecule has 0 aliphatic carbocycles. The van der Waals surface area contributed by atoms with E-state index in [1.165, 1.54) is 0 Å². The fraction of sp³-hybridized carbons (Fsp3) is 0.222. The lowest BCUT2D eigenvalue weighted by atomic mass is 10.2. The molecule has 0 fully saturated rings. The molecule has 3 heteroatoms. The van der Waals surface area contributed by atoms with Gasteiger partial charge in [0.1, 0.15) is 5.76 Å². The van der Waals surface area contributed by atoms with Gasteiger partial charge in [-0.15, -0.1) is 0 Å². The van der Waals surface area contributed by atoms with E-state index in [0.717, 1.165) is 16.9 Å². The Balaban J connectivity index is 3.17. The monoisotopic (exact) mass is 164 g/mol. The van der Waals surface area contributed by atoms with Gasteiger partial charge in [-0.05, 0) is 31.1 Å². The molecular formula is C9H12N2O. The Morgan fingerprint density at radius 1 is 1.67 bits per heavy atom. The third kappa shape index (κ3) is 1.39. The molecule has 0 saturated heterocycles. The van der Waals surface area contributed by atoms with Crippen LogP contribution in [0, 0.1) is 12.3 Å². The highest BCUT2D eigenvalue weighted by Gasteiger charge is 2.09. The molecule has 0 radical (unpaired) electrons. The van der Waals surface area contributed by atoms with Crippen LogP contribution in [0.5, 0.6) is 0 Å². The first-order valence-electron chi connectivity index (χ1n) is 3.63. The molecule has 1 heterocycles. The number of furan rings is 1. The predicted molar refractivity (Wildman–Crippen MR) is 49.2 cm³/mol. The molecule has 0 aliphatic heterocycles. The van der Waals surface area contributed by atoms with E-state index in [9.17, 15) is 0 Å². The van der Waals surface area contributed by atoms with Gasteiger partial charge in [-0.3, -0.25) is 5.41 Å². The quantitative estimate of drug-likeness (QED) is 0.518. The molecule has 3 N–H and O–H groups in total. The van der Waals surface area contributed by atoms with Crippen LogP contribution in [0.25, 0.3) is 5.57 Å². The number of nitrogens with one attached hydrogen (secondary N) is 1. The Morgan fingerprint density at radius 2 is 2.25 bits per heavy atom. The van der Waals surface area contributed by atoms with Crippen molar-refractivity contribution in [2.24, 2.45) is 5.73 Å². The normalized spacial score (nSPS) is 9.83. The van der Waals surface area contributed by atoms with E-state index < -0.39 is 0 Å². The highest BCUT2D eigenvalue weighted by Crippen LogP contribution is 2.20. The van der Waals surface area contributed by atoms with Crippen molar-refractivity contribution in [3.8, 4) is 0 Å². The highest BCUT2D eigenvalue weighted by molar-refractivity contribution is 5.92. The van der Waals surface area contributed by atoms with E-state index >= 15 is 0 Å². The number of hydrogen-bond donors (Lipinski definition) is 2. The van der Waals surface area contributed by atoms with Crippen molar-refractivity contribution in [2.75, 3.05) is 0 Å². The number of amidine groups is 1. The van der Waals surface area contributed by atoms with Gasteiger partial charge in [0.05, 0.1) is 0 Å². The molecular weight excluding hydrogens is 152 g/mol. The lowest BCUT2D eigenvalue weighted by Gasteiger charge is -1.94. The Hall–Kier alpha value is -1.51. The molecule has 64 valence electrons. The van der Waals surface area contributed by atoms with Gasteiger partial charge >= 0.3 is 0 Å². The minimum Gasteiger partial charge on any atom is -0.453 e. The van der Waals surface area contributed by atoms with Crippen molar-refractivity contribution in [3.63, 3.8) is 0 Å². The zero-order chi connectivity index (χ0) is 9.30. The Morgan fingerprint density at radius 3 is 2.50 bits per heavy atom. The van der Waals surface area contributed by atoms with E-state index in [1.54, 1.807) is 6.07 Å². The zero-order valence-electron chi connectivity index (χ0n) is 7.27. The van der Waals surface area contributed by atoms with Crippen molar-refractivity contribution < 1.29 is 4.42 Å². The number of allylic oxidation sites excluding steroid dienone is 1. The molecule has 1 aromatic rings. The van der Waals surface area contributed by atoms with E-state index in [1.807, 2.05) is 13.8 Å². The number of nitrogen functional groups attached to an aromatic ring is 1. The van der Waals surface area contributed by atoms with Gasteiger partial charge in [-0.25, -0.2) is 0 Å². The summed E-state index contributed by atoms with van der Waals surface area (Å²) in [4.78, 5) is 0. The fourth-order valence-corrected chi connectivity index (χ4v) is 1.04. The molecule has 0 saturated carbocycles. The van der Waals surface area contributed by atoms with Crippen LogP contribution >= 0.6 is 0 Å². The summed E-state index contributed by atoms with van der Waals surface area (Å²) in [7, 11) is 0. The average molecular weight is 164 g/mol. The van der Waals surface area contributed by atoms with Gasteiger partial charge in [0.15, 0.2) is 11.6 Å². The maximum absolute atomic E-state index is 7.14. The van der Waals surface area contributed by atoms with Crippen LogP contribution in [0.3, 0.4) is 0 Å². The molecule has 0 unspecified atom stereocenters. The Kier molecular flexibility index (Phi) is 2.04. The summed E-state index contributed by atoms with van der Waals surface area (Å²) in [5.41, 5.74) is 7.07. The number of rotatable bonds is 2. The average Bonchev–Trinajstić information content (AvgIpc) is 2.30. The van der Waals surface area contributed by atoms with Gasteiger partial charge in [-0.1, -0.05) is 6.58 Å². The number of hydrogen-bond acceptors (Lipinski definition) is 2. The lowest BCUT2D eigenvalue weighted by Crippen LogP contribution is -2.09. The molecule has 3 nitrogen and oxygen atoms in total. The van der Waals surface area contributed by atoms with Gasteiger partial charge in [-0.2, -0.15) is 0 Å². The summed E-state index contributed by atoms with van der Waals surface area (Å²) in [6, 6.07) is 1.74. The molecule has 12 heavy (non-hydrogen) atoms. The summed E-state index contributed by atoms with van der Waals surface area (Å²) in [6.45, 7) is 7.51. The largest absolute Gasteiger partial charge is 0.453 e. The summed E-state index contributed by atoms with van der Waals surface area (Å²) < 4.78 is 5.29. The van der Waals surface area contributed by atoms with Crippen molar-refractivity contribution in [1.29, 1.82) is 5.41 Å². The van der Waals surface area contributed by atoms with E-state index in [2.05, 4.69) is 6.58 Å². The van der Waals surface area contributed by atoms with Crippen molar-refractivity contribution in [2.45, 2.75) is 13.8 Å². The summed E-state index contributed by atoms with van der Waals surface area (Å²) in [5, 5.41) is 7.14. The third-order valence-electron chi connectivity index (χ3n) is 1.57. The molecule has 1 aromatic heterocycles. The first kappa shape index (κ1) is 8.59. The lowest BCUT2D eigenvalue weighted by molar-refractivity contribution is 0.540. The minimum atomic E-state index is -0.0504. The van der Waals surface area contributed by atoms with Gasteiger partial charge < -0.3 is 10.2 Å². The van der Waals surface area contributed by atoms with E-state index in [0.29, 0.717) is 5.76 Å². The summed E-state index contributed by atoms with van der Waals surface area (Å²) >= 11 is 0. The standard InChI is InChI=1S/C9H12N2O/c1-5(2)8-6(3)4-7(12-8)9(10)11/h4H,1H2,2-3H3,(H3,10,11). The first-order valence-corrected chi connectivity index (χ1v) is 3.63. The maximum atomic E-state index is 7.14. The first-order chi connectivity index (χ1) is 5.52. The second-order valence-electron chi connectivity index (χ2n) is 2.82. The molecule has 0 atom stereocenters.